The topological polar surface area (TPSA) is 94.0 Å². The molecule has 8 heteroatoms. The number of nitrogens with two attached hydrogens (primary N) is 1. The average molecular weight is 394 g/mol. The van der Waals surface area contributed by atoms with Gasteiger partial charge in [-0.2, -0.15) is 0 Å². The van der Waals surface area contributed by atoms with Crippen LogP contribution in [0.1, 0.15) is 25.7 Å². The minimum Gasteiger partial charge on any atom is -0.382 e. The van der Waals surface area contributed by atoms with E-state index in [1.54, 1.807) is 11.8 Å². The number of rotatable bonds is 5. The van der Waals surface area contributed by atoms with Gasteiger partial charge in [-0.3, -0.25) is 9.56 Å². The normalized spacial score (nSPS) is 23.4. The van der Waals surface area contributed by atoms with E-state index in [1.165, 1.54) is 11.9 Å². The van der Waals surface area contributed by atoms with Gasteiger partial charge in [0.1, 0.15) is 12.2 Å². The van der Waals surface area contributed by atoms with Gasteiger partial charge < -0.3 is 11.1 Å². The molecule has 28 heavy (non-hydrogen) atoms. The molecule has 0 bridgehead atoms. The van der Waals surface area contributed by atoms with Crippen molar-refractivity contribution in [3.05, 3.63) is 42.3 Å². The Labute approximate surface area is 167 Å². The largest absolute Gasteiger partial charge is 0.382 e. The third kappa shape index (κ3) is 3.32. The molecule has 0 aromatic carbocycles. The lowest BCUT2D eigenvalue weighted by Crippen LogP contribution is -2.35. The van der Waals surface area contributed by atoms with Crippen molar-refractivity contribution in [1.82, 2.24) is 24.8 Å². The van der Waals surface area contributed by atoms with Crippen molar-refractivity contribution in [2.24, 2.45) is 4.99 Å². The SMILES string of the molecule is Nc1ncnc2c1nc(SCC1=NC3C=CCCC3N1)n2CC1=CC=CCC1. The first-order chi connectivity index (χ1) is 13.8. The molecular formula is C20H23N7S. The van der Waals surface area contributed by atoms with Crippen LogP contribution in [0.15, 0.2) is 52.4 Å². The number of anilines is 1. The molecule has 0 saturated heterocycles. The Morgan fingerprint density at radius 2 is 2.21 bits per heavy atom. The maximum atomic E-state index is 6.06. The van der Waals surface area contributed by atoms with E-state index in [4.69, 9.17) is 15.7 Å². The molecule has 0 spiro atoms. The second-order valence-electron chi connectivity index (χ2n) is 7.31. The third-order valence-electron chi connectivity index (χ3n) is 5.37. The molecule has 3 N–H and O–H groups in total. The molecular weight excluding hydrogens is 370 g/mol. The van der Waals surface area contributed by atoms with Crippen LogP contribution in [0.25, 0.3) is 11.2 Å². The summed E-state index contributed by atoms with van der Waals surface area (Å²) < 4.78 is 2.16. The van der Waals surface area contributed by atoms with E-state index in [-0.39, 0.29) is 6.04 Å². The maximum absolute atomic E-state index is 6.06. The molecule has 2 aromatic rings. The Balaban J connectivity index is 1.41. The summed E-state index contributed by atoms with van der Waals surface area (Å²) in [5.74, 6) is 2.23. The number of aliphatic imine (C=N–C) groups is 1. The van der Waals surface area contributed by atoms with Gasteiger partial charge in [0.05, 0.1) is 17.8 Å². The monoisotopic (exact) mass is 393 g/mol. The molecule has 3 aliphatic rings. The summed E-state index contributed by atoms with van der Waals surface area (Å²) in [6.45, 7) is 0.771. The number of nitrogens with zero attached hydrogens (tertiary/aromatic N) is 5. The molecule has 3 heterocycles. The number of hydrogen-bond donors (Lipinski definition) is 2. The van der Waals surface area contributed by atoms with Gasteiger partial charge in [-0.25, -0.2) is 15.0 Å². The van der Waals surface area contributed by atoms with E-state index < -0.39 is 0 Å². The first kappa shape index (κ1) is 17.5. The van der Waals surface area contributed by atoms with E-state index in [9.17, 15) is 0 Å². The first-order valence-electron chi connectivity index (χ1n) is 9.72. The standard InChI is InChI=1S/C20H23N7S/c21-18-17-19(23-12-22-18)27(10-13-6-2-1-3-7-13)20(26-17)28-11-16-24-14-8-4-5-9-15(14)25-16/h1-2,4,6,8,12,14-15H,3,5,7,9-11H2,(H,24,25)(H2,21,22,23). The Kier molecular flexibility index (Phi) is 4.64. The minimum atomic E-state index is 0.281. The number of imidazole rings is 1. The van der Waals surface area contributed by atoms with E-state index in [0.29, 0.717) is 17.4 Å². The van der Waals surface area contributed by atoms with Crippen LogP contribution in [0, 0.1) is 0 Å². The van der Waals surface area contributed by atoms with Crippen LogP contribution in [0.5, 0.6) is 0 Å². The van der Waals surface area contributed by atoms with Gasteiger partial charge in [0.15, 0.2) is 22.1 Å². The summed E-state index contributed by atoms with van der Waals surface area (Å²) in [5, 5.41) is 4.49. The molecule has 2 aromatic heterocycles. The van der Waals surface area contributed by atoms with E-state index in [0.717, 1.165) is 54.6 Å². The van der Waals surface area contributed by atoms with Crippen molar-refractivity contribution in [2.75, 3.05) is 11.5 Å². The summed E-state index contributed by atoms with van der Waals surface area (Å²) in [4.78, 5) is 18.2. The molecule has 144 valence electrons. The highest BCUT2D eigenvalue weighted by molar-refractivity contribution is 7.99. The van der Waals surface area contributed by atoms with Crippen LogP contribution in [-0.2, 0) is 6.54 Å². The Bertz CT molecular complexity index is 1020. The second-order valence-corrected chi connectivity index (χ2v) is 8.26. The van der Waals surface area contributed by atoms with Gasteiger partial charge in [0, 0.05) is 6.54 Å². The lowest BCUT2D eigenvalue weighted by Gasteiger charge is -2.18. The van der Waals surface area contributed by atoms with Gasteiger partial charge in [0.2, 0.25) is 0 Å². The molecule has 2 unspecified atom stereocenters. The van der Waals surface area contributed by atoms with Crippen molar-refractivity contribution in [3.8, 4) is 0 Å². The highest BCUT2D eigenvalue weighted by Gasteiger charge is 2.28. The van der Waals surface area contributed by atoms with Crippen LogP contribution in [-0.4, -0.2) is 43.2 Å². The van der Waals surface area contributed by atoms with Crippen molar-refractivity contribution >= 4 is 34.6 Å². The number of allylic oxidation sites excluding steroid dienone is 5. The molecule has 5 rings (SSSR count). The van der Waals surface area contributed by atoms with Crippen molar-refractivity contribution < 1.29 is 0 Å². The zero-order chi connectivity index (χ0) is 18.9. The predicted octanol–water partition coefficient (Wildman–Crippen LogP) is 2.87. The fraction of sp³-hybridized carbons (Fsp3) is 0.400. The van der Waals surface area contributed by atoms with Crippen molar-refractivity contribution in [2.45, 2.75) is 49.5 Å². The second kappa shape index (κ2) is 7.43. The molecule has 1 aliphatic heterocycles. The van der Waals surface area contributed by atoms with Crippen LogP contribution in [0.2, 0.25) is 0 Å². The van der Waals surface area contributed by atoms with E-state index in [2.05, 4.69) is 50.2 Å². The zero-order valence-corrected chi connectivity index (χ0v) is 16.4. The van der Waals surface area contributed by atoms with Crippen LogP contribution >= 0.6 is 11.8 Å². The maximum Gasteiger partial charge on any atom is 0.171 e. The van der Waals surface area contributed by atoms with E-state index >= 15 is 0 Å². The number of thioether (sulfide) groups is 1. The van der Waals surface area contributed by atoms with Gasteiger partial charge in [-0.05, 0) is 25.7 Å². The van der Waals surface area contributed by atoms with Gasteiger partial charge in [0.25, 0.3) is 0 Å². The summed E-state index contributed by atoms with van der Waals surface area (Å²) >= 11 is 1.68. The van der Waals surface area contributed by atoms with Crippen molar-refractivity contribution in [3.63, 3.8) is 0 Å². The summed E-state index contributed by atoms with van der Waals surface area (Å²) in [6.07, 6.45) is 16.9. The molecule has 0 amide bonds. The number of hydrogen-bond acceptors (Lipinski definition) is 7. The quantitative estimate of drug-likeness (QED) is 0.599. The highest BCUT2D eigenvalue weighted by Crippen LogP contribution is 2.28. The van der Waals surface area contributed by atoms with Crippen LogP contribution < -0.4 is 11.1 Å². The Morgan fingerprint density at radius 1 is 1.25 bits per heavy atom. The number of aromatic nitrogens is 4. The minimum absolute atomic E-state index is 0.281. The van der Waals surface area contributed by atoms with E-state index in [1.807, 2.05) is 0 Å². The Morgan fingerprint density at radius 3 is 3.07 bits per heavy atom. The third-order valence-corrected chi connectivity index (χ3v) is 6.36. The molecule has 0 fully saturated rings. The lowest BCUT2D eigenvalue weighted by molar-refractivity contribution is 0.531. The summed E-state index contributed by atoms with van der Waals surface area (Å²) in [7, 11) is 0. The summed E-state index contributed by atoms with van der Waals surface area (Å²) in [5.41, 5.74) is 8.90. The molecule has 2 atom stereocenters. The smallest absolute Gasteiger partial charge is 0.171 e. The predicted molar refractivity (Wildman–Crippen MR) is 113 cm³/mol. The number of nitrogens with one attached hydrogen (secondary N) is 1. The number of amidine groups is 1. The zero-order valence-electron chi connectivity index (χ0n) is 15.6. The first-order valence-corrected chi connectivity index (χ1v) is 10.7. The van der Waals surface area contributed by atoms with Crippen molar-refractivity contribution in [1.29, 1.82) is 0 Å². The molecule has 0 radical (unpaired) electrons. The van der Waals surface area contributed by atoms with Gasteiger partial charge in [-0.1, -0.05) is 47.7 Å². The summed E-state index contributed by atoms with van der Waals surface area (Å²) in [6, 6.07) is 0.726. The molecule has 2 aliphatic carbocycles. The van der Waals surface area contributed by atoms with Gasteiger partial charge >= 0.3 is 0 Å². The fourth-order valence-corrected chi connectivity index (χ4v) is 4.81. The van der Waals surface area contributed by atoms with Crippen LogP contribution in [0.4, 0.5) is 5.82 Å². The molecule has 0 saturated carbocycles. The van der Waals surface area contributed by atoms with Crippen LogP contribution in [0.3, 0.4) is 0 Å². The average Bonchev–Trinajstić information content (AvgIpc) is 3.29. The number of nitrogen functional groups attached to an aromatic ring is 1. The Hall–Kier alpha value is -2.61. The van der Waals surface area contributed by atoms with Gasteiger partial charge in [-0.15, -0.1) is 0 Å². The number of fused-ring (bicyclic) bond motifs is 2. The molecule has 7 nitrogen and oxygen atoms in total. The fourth-order valence-electron chi connectivity index (χ4n) is 3.92. The lowest BCUT2D eigenvalue weighted by atomic mass is 9.99. The highest BCUT2D eigenvalue weighted by atomic mass is 32.2.